The van der Waals surface area contributed by atoms with Gasteiger partial charge >= 0.3 is 0 Å². The topological polar surface area (TPSA) is 49.8 Å². The maximum atomic E-state index is 12.6. The lowest BCUT2D eigenvalue weighted by atomic mass is 9.78. The summed E-state index contributed by atoms with van der Waals surface area (Å²) in [6.45, 7) is 13.7. The molecule has 1 aliphatic heterocycles. The Morgan fingerprint density at radius 3 is 2.15 bits per heavy atom. The van der Waals surface area contributed by atoms with Crippen LogP contribution in [0.4, 0.5) is 0 Å². The number of hydrogen-bond donors (Lipinski definition) is 1. The van der Waals surface area contributed by atoms with Crippen molar-refractivity contribution < 1.29 is 14.6 Å². The molecule has 1 N–H and O–H groups in total. The molecule has 4 nitrogen and oxygen atoms in total. The van der Waals surface area contributed by atoms with Gasteiger partial charge in [0.2, 0.25) is 0 Å². The van der Waals surface area contributed by atoms with Gasteiger partial charge in [-0.2, -0.15) is 0 Å². The van der Waals surface area contributed by atoms with E-state index in [1.807, 2.05) is 18.2 Å². The van der Waals surface area contributed by atoms with Crippen molar-refractivity contribution in [3.63, 3.8) is 0 Å². The summed E-state index contributed by atoms with van der Waals surface area (Å²) in [5.41, 5.74) is 2.40. The van der Waals surface area contributed by atoms with Crippen molar-refractivity contribution in [2.24, 2.45) is 0 Å². The number of hydrogen-bond acceptors (Lipinski definition) is 4. The molecular weight excluding hydrogens is 346 g/mol. The van der Waals surface area contributed by atoms with Gasteiger partial charge in [-0.25, -0.2) is 0 Å². The van der Waals surface area contributed by atoms with Gasteiger partial charge in [-0.1, -0.05) is 53.3 Å². The molecule has 1 heterocycles. The lowest BCUT2D eigenvalue weighted by molar-refractivity contribution is -0.125. The minimum atomic E-state index is -0.185. The van der Waals surface area contributed by atoms with Crippen molar-refractivity contribution in [2.75, 3.05) is 26.1 Å². The van der Waals surface area contributed by atoms with Crippen LogP contribution in [0.3, 0.4) is 0 Å². The zero-order valence-electron chi connectivity index (χ0n) is 17.0. The number of phenols is 1. The van der Waals surface area contributed by atoms with E-state index in [9.17, 15) is 9.90 Å². The second kappa shape index (κ2) is 7.65. The van der Waals surface area contributed by atoms with E-state index < -0.39 is 0 Å². The predicted octanol–water partition coefficient (Wildman–Crippen LogP) is 4.51. The molecule has 0 spiro atoms. The number of phenolic OH excluding ortho intramolecular Hbond substituents is 1. The highest BCUT2D eigenvalue weighted by Crippen LogP contribution is 2.41. The molecule has 0 bridgehead atoms. The molecule has 1 saturated heterocycles. The first kappa shape index (κ1) is 20.8. The first-order valence-electron chi connectivity index (χ1n) is 8.96. The predicted molar refractivity (Wildman–Crippen MR) is 110 cm³/mol. The van der Waals surface area contributed by atoms with E-state index >= 15 is 0 Å². The van der Waals surface area contributed by atoms with Crippen LogP contribution in [0.15, 0.2) is 17.0 Å². The number of nitrogens with zero attached hydrogens (tertiary/aromatic N) is 1. The van der Waals surface area contributed by atoms with E-state index in [4.69, 9.17) is 4.74 Å². The highest BCUT2D eigenvalue weighted by molar-refractivity contribution is 8.04. The van der Waals surface area contributed by atoms with Crippen LogP contribution in [0.25, 0.3) is 6.08 Å². The number of methoxy groups -OCH3 is 1. The molecular formula is C21H31NO3S. The maximum absolute atomic E-state index is 12.6. The van der Waals surface area contributed by atoms with Gasteiger partial charge < -0.3 is 14.7 Å². The smallest absolute Gasteiger partial charge is 0.261 e. The summed E-state index contributed by atoms with van der Waals surface area (Å²) >= 11 is 1.55. The average molecular weight is 378 g/mol. The number of aromatic hydroxyl groups is 1. The highest BCUT2D eigenvalue weighted by Gasteiger charge is 2.29. The quantitative estimate of drug-likeness (QED) is 0.785. The van der Waals surface area contributed by atoms with Crippen LogP contribution < -0.4 is 0 Å². The van der Waals surface area contributed by atoms with Gasteiger partial charge in [-0.15, -0.1) is 0 Å². The van der Waals surface area contributed by atoms with Crippen LogP contribution in [0.5, 0.6) is 5.75 Å². The fourth-order valence-corrected chi connectivity index (χ4v) is 3.94. The van der Waals surface area contributed by atoms with Crippen LogP contribution in [0, 0.1) is 0 Å². The van der Waals surface area contributed by atoms with E-state index in [0.717, 1.165) is 21.6 Å². The SMILES string of the molecule is COCCN1CS/C(=C\c2cc(C(C)(C)C)c(O)c(C(C)(C)C)c2)C1=O. The van der Waals surface area contributed by atoms with Crippen LogP contribution in [0.2, 0.25) is 0 Å². The Kier molecular flexibility index (Phi) is 6.13. The zero-order chi connectivity index (χ0) is 19.7. The van der Waals surface area contributed by atoms with Gasteiger partial charge in [0.25, 0.3) is 5.91 Å². The summed E-state index contributed by atoms with van der Waals surface area (Å²) in [5, 5.41) is 10.8. The Bertz CT molecular complexity index is 676. The Balaban J connectivity index is 2.46. The molecule has 0 aliphatic carbocycles. The molecule has 0 radical (unpaired) electrons. The number of carbonyl (C=O) groups excluding carboxylic acids is 1. The van der Waals surface area contributed by atoms with Gasteiger partial charge in [0.1, 0.15) is 5.75 Å². The number of carbonyl (C=O) groups is 1. The monoisotopic (exact) mass is 377 g/mol. The van der Waals surface area contributed by atoms with Crippen LogP contribution in [-0.2, 0) is 20.4 Å². The summed E-state index contributed by atoms with van der Waals surface area (Å²) in [6, 6.07) is 4.01. The lowest BCUT2D eigenvalue weighted by Gasteiger charge is -2.28. The Hall–Kier alpha value is -1.46. The highest BCUT2D eigenvalue weighted by atomic mass is 32.2. The molecule has 2 rings (SSSR count). The summed E-state index contributed by atoms with van der Waals surface area (Å²) in [7, 11) is 1.64. The van der Waals surface area contributed by atoms with Crippen molar-refractivity contribution in [1.29, 1.82) is 0 Å². The molecule has 26 heavy (non-hydrogen) atoms. The van der Waals surface area contributed by atoms with Crippen molar-refractivity contribution in [3.05, 3.63) is 33.7 Å². The standard InChI is InChI=1S/C21H31NO3S/c1-20(2,3)15-10-14(11-16(18(15)23)21(4,5)6)12-17-19(24)22(13-26-17)8-9-25-7/h10-12,23H,8-9,13H2,1-7H3/b17-12-. The fraction of sp³-hybridized carbons (Fsp3) is 0.571. The number of thioether (sulfide) groups is 1. The molecule has 1 fully saturated rings. The van der Waals surface area contributed by atoms with Crippen molar-refractivity contribution in [3.8, 4) is 5.75 Å². The Morgan fingerprint density at radius 1 is 1.15 bits per heavy atom. The Labute approximate surface area is 161 Å². The molecule has 144 valence electrons. The number of ether oxygens (including phenoxy) is 1. The average Bonchev–Trinajstić information content (AvgIpc) is 2.85. The van der Waals surface area contributed by atoms with Gasteiger partial charge in [0.15, 0.2) is 0 Å². The number of rotatable bonds is 4. The Morgan fingerprint density at radius 2 is 1.69 bits per heavy atom. The summed E-state index contributed by atoms with van der Waals surface area (Å²) in [5.74, 6) is 1.07. The van der Waals surface area contributed by atoms with Crippen molar-refractivity contribution in [1.82, 2.24) is 4.90 Å². The first-order chi connectivity index (χ1) is 11.9. The van der Waals surface area contributed by atoms with E-state index in [1.54, 1.807) is 23.8 Å². The van der Waals surface area contributed by atoms with Crippen LogP contribution >= 0.6 is 11.8 Å². The molecule has 1 amide bonds. The van der Waals surface area contributed by atoms with Gasteiger partial charge in [-0.05, 0) is 34.6 Å². The molecule has 0 unspecified atom stereocenters. The summed E-state index contributed by atoms with van der Waals surface area (Å²) in [6.07, 6.45) is 1.95. The van der Waals surface area contributed by atoms with Crippen molar-refractivity contribution >= 4 is 23.7 Å². The largest absolute Gasteiger partial charge is 0.507 e. The first-order valence-corrected chi connectivity index (χ1v) is 9.94. The molecule has 0 saturated carbocycles. The molecule has 0 atom stereocenters. The third-order valence-electron chi connectivity index (χ3n) is 4.49. The molecule has 5 heteroatoms. The lowest BCUT2D eigenvalue weighted by Crippen LogP contribution is -2.28. The van der Waals surface area contributed by atoms with E-state index in [1.165, 1.54) is 0 Å². The number of benzene rings is 1. The van der Waals surface area contributed by atoms with Gasteiger partial charge in [0, 0.05) is 24.8 Å². The second-order valence-electron chi connectivity index (χ2n) is 8.81. The van der Waals surface area contributed by atoms with Crippen molar-refractivity contribution in [2.45, 2.75) is 52.4 Å². The molecule has 1 aromatic rings. The van der Waals surface area contributed by atoms with Crippen LogP contribution in [0.1, 0.15) is 58.2 Å². The third-order valence-corrected chi connectivity index (χ3v) is 5.53. The molecule has 0 aromatic heterocycles. The van der Waals surface area contributed by atoms with Gasteiger partial charge in [-0.3, -0.25) is 4.79 Å². The molecule has 1 aliphatic rings. The minimum Gasteiger partial charge on any atom is -0.507 e. The van der Waals surface area contributed by atoms with E-state index in [2.05, 4.69) is 41.5 Å². The second-order valence-corrected chi connectivity index (χ2v) is 9.79. The molecule has 1 aromatic carbocycles. The van der Waals surface area contributed by atoms with Crippen LogP contribution in [-0.4, -0.2) is 42.1 Å². The van der Waals surface area contributed by atoms with E-state index in [0.29, 0.717) is 24.8 Å². The maximum Gasteiger partial charge on any atom is 0.261 e. The summed E-state index contributed by atoms with van der Waals surface area (Å²) < 4.78 is 5.07. The van der Waals surface area contributed by atoms with E-state index in [-0.39, 0.29) is 16.7 Å². The van der Waals surface area contributed by atoms with Gasteiger partial charge in [0.05, 0.1) is 17.4 Å². The third kappa shape index (κ3) is 4.63. The zero-order valence-corrected chi connectivity index (χ0v) is 17.8. The fourth-order valence-electron chi connectivity index (χ4n) is 2.93. The normalized spacial score (nSPS) is 17.4. The minimum absolute atomic E-state index is 0.0507. The number of amides is 1. The summed E-state index contributed by atoms with van der Waals surface area (Å²) in [4.78, 5) is 15.1.